The molecular weight excluding hydrogens is 402 g/mol. The van der Waals surface area contributed by atoms with Crippen LogP contribution in [0.1, 0.15) is 42.8 Å². The molecule has 2 aliphatic heterocycles. The topological polar surface area (TPSA) is 64.3 Å². The summed E-state index contributed by atoms with van der Waals surface area (Å²) in [4.78, 5) is 23.9. The fraction of sp³-hybridized carbons (Fsp3) is 0.520. The number of nitrogens with one attached hydrogen (secondary N) is 1. The van der Waals surface area contributed by atoms with Crippen molar-refractivity contribution in [2.75, 3.05) is 50.7 Å². The zero-order valence-electron chi connectivity index (χ0n) is 19.3. The van der Waals surface area contributed by atoms with Gasteiger partial charge in [-0.25, -0.2) is 4.99 Å². The molecule has 0 saturated carbocycles. The van der Waals surface area contributed by atoms with Crippen LogP contribution in [-0.2, 0) is 6.54 Å². The van der Waals surface area contributed by atoms with Crippen molar-refractivity contribution in [2.24, 2.45) is 10.9 Å². The monoisotopic (exact) mass is 437 g/mol. The molecule has 2 fully saturated rings. The van der Waals surface area contributed by atoms with Gasteiger partial charge in [0.2, 0.25) is 0 Å². The zero-order chi connectivity index (χ0) is 22.3. The van der Waals surface area contributed by atoms with E-state index in [1.807, 2.05) is 4.90 Å². The third-order valence-electron chi connectivity index (χ3n) is 6.43. The molecule has 1 aromatic heterocycles. The van der Waals surface area contributed by atoms with Gasteiger partial charge in [0, 0.05) is 51.5 Å². The van der Waals surface area contributed by atoms with Crippen LogP contribution in [-0.4, -0.2) is 67.5 Å². The van der Waals surface area contributed by atoms with Gasteiger partial charge >= 0.3 is 0 Å². The van der Waals surface area contributed by atoms with Crippen molar-refractivity contribution in [1.82, 2.24) is 15.1 Å². The van der Waals surface area contributed by atoms with Crippen LogP contribution in [0.15, 0.2) is 52.1 Å². The Kier molecular flexibility index (Phi) is 7.35. The van der Waals surface area contributed by atoms with Gasteiger partial charge < -0.3 is 24.4 Å². The molecule has 4 rings (SSSR count). The van der Waals surface area contributed by atoms with Crippen molar-refractivity contribution in [2.45, 2.75) is 33.2 Å². The van der Waals surface area contributed by atoms with Crippen molar-refractivity contribution in [3.05, 3.63) is 54.0 Å². The molecule has 1 aromatic carbocycles. The highest BCUT2D eigenvalue weighted by molar-refractivity contribution is 5.91. The summed E-state index contributed by atoms with van der Waals surface area (Å²) in [5, 5.41) is 3.41. The van der Waals surface area contributed by atoms with E-state index >= 15 is 0 Å². The molecule has 0 unspecified atom stereocenters. The van der Waals surface area contributed by atoms with Crippen LogP contribution >= 0.6 is 0 Å². The molecule has 3 heterocycles. The number of hydrogen-bond acceptors (Lipinski definition) is 4. The van der Waals surface area contributed by atoms with E-state index in [1.165, 1.54) is 24.1 Å². The maximum atomic E-state index is 12.5. The Hall–Kier alpha value is -2.96. The van der Waals surface area contributed by atoms with E-state index in [0.717, 1.165) is 44.6 Å². The largest absolute Gasteiger partial charge is 0.459 e. The normalized spacial score (nSPS) is 18.2. The Balaban J connectivity index is 1.32. The molecule has 0 aliphatic carbocycles. The van der Waals surface area contributed by atoms with Crippen LogP contribution in [0, 0.1) is 5.92 Å². The molecule has 7 nitrogen and oxygen atoms in total. The van der Waals surface area contributed by atoms with E-state index in [-0.39, 0.29) is 5.91 Å². The van der Waals surface area contributed by atoms with Gasteiger partial charge in [-0.3, -0.25) is 4.79 Å². The summed E-state index contributed by atoms with van der Waals surface area (Å²) in [6, 6.07) is 12.3. The smallest absolute Gasteiger partial charge is 0.289 e. The maximum Gasteiger partial charge on any atom is 0.289 e. The number of guanidine groups is 1. The number of furan rings is 1. The molecule has 32 heavy (non-hydrogen) atoms. The molecule has 2 aliphatic rings. The first-order valence-electron chi connectivity index (χ1n) is 11.8. The SMILES string of the molecule is CCNC(=NCc1ccc(N2CCC(C)CC2)cc1)N1CCN(C(=O)c2ccco2)CC1. The Bertz CT molecular complexity index is 878. The Labute approximate surface area is 191 Å². The number of piperidine rings is 1. The minimum Gasteiger partial charge on any atom is -0.459 e. The zero-order valence-corrected chi connectivity index (χ0v) is 19.3. The van der Waals surface area contributed by atoms with E-state index in [9.17, 15) is 4.79 Å². The number of aliphatic imine (C=N–C) groups is 1. The summed E-state index contributed by atoms with van der Waals surface area (Å²) in [6.07, 6.45) is 4.09. The number of nitrogens with zero attached hydrogens (tertiary/aromatic N) is 4. The van der Waals surface area contributed by atoms with Crippen LogP contribution in [0.5, 0.6) is 0 Å². The van der Waals surface area contributed by atoms with Gasteiger partial charge in [-0.15, -0.1) is 0 Å². The molecular formula is C25H35N5O2. The Morgan fingerprint density at radius 3 is 2.34 bits per heavy atom. The van der Waals surface area contributed by atoms with Gasteiger partial charge in [-0.05, 0) is 55.5 Å². The predicted octanol–water partition coefficient (Wildman–Crippen LogP) is 3.44. The third-order valence-corrected chi connectivity index (χ3v) is 6.43. The van der Waals surface area contributed by atoms with E-state index < -0.39 is 0 Å². The van der Waals surface area contributed by atoms with Gasteiger partial charge in [0.1, 0.15) is 0 Å². The minimum atomic E-state index is -0.0418. The van der Waals surface area contributed by atoms with Crippen LogP contribution in [0.25, 0.3) is 0 Å². The number of piperazine rings is 1. The third kappa shape index (κ3) is 5.44. The fourth-order valence-electron chi connectivity index (χ4n) is 4.35. The molecule has 172 valence electrons. The highest BCUT2D eigenvalue weighted by Gasteiger charge is 2.25. The number of benzene rings is 1. The first-order chi connectivity index (χ1) is 15.6. The quantitative estimate of drug-likeness (QED) is 0.573. The summed E-state index contributed by atoms with van der Waals surface area (Å²) >= 11 is 0. The molecule has 0 atom stereocenters. The van der Waals surface area contributed by atoms with Crippen LogP contribution < -0.4 is 10.2 Å². The van der Waals surface area contributed by atoms with Crippen LogP contribution in [0.3, 0.4) is 0 Å². The molecule has 2 aromatic rings. The molecule has 1 amide bonds. The van der Waals surface area contributed by atoms with Crippen LogP contribution in [0.2, 0.25) is 0 Å². The molecule has 2 saturated heterocycles. The van der Waals surface area contributed by atoms with Gasteiger partial charge in [0.25, 0.3) is 5.91 Å². The lowest BCUT2D eigenvalue weighted by Crippen LogP contribution is -2.53. The highest BCUT2D eigenvalue weighted by atomic mass is 16.3. The molecule has 0 spiro atoms. The van der Waals surface area contributed by atoms with Crippen molar-refractivity contribution in [1.29, 1.82) is 0 Å². The first kappa shape index (κ1) is 22.2. The molecule has 0 bridgehead atoms. The van der Waals surface area contributed by atoms with E-state index in [4.69, 9.17) is 9.41 Å². The Morgan fingerprint density at radius 2 is 1.72 bits per heavy atom. The van der Waals surface area contributed by atoms with Gasteiger partial charge in [0.15, 0.2) is 11.7 Å². The average molecular weight is 438 g/mol. The Morgan fingerprint density at radius 1 is 1.03 bits per heavy atom. The van der Waals surface area contributed by atoms with E-state index in [1.54, 1.807) is 18.4 Å². The number of rotatable bonds is 5. The summed E-state index contributed by atoms with van der Waals surface area (Å²) in [7, 11) is 0. The summed E-state index contributed by atoms with van der Waals surface area (Å²) in [5.41, 5.74) is 2.52. The summed E-state index contributed by atoms with van der Waals surface area (Å²) in [6.45, 7) is 11.0. The van der Waals surface area contributed by atoms with Crippen molar-refractivity contribution in [3.63, 3.8) is 0 Å². The molecule has 1 N–H and O–H groups in total. The molecule has 0 radical (unpaired) electrons. The number of amides is 1. The second kappa shape index (κ2) is 10.6. The second-order valence-electron chi connectivity index (χ2n) is 8.76. The van der Waals surface area contributed by atoms with E-state index in [2.05, 4.69) is 53.2 Å². The van der Waals surface area contributed by atoms with Crippen LogP contribution in [0.4, 0.5) is 5.69 Å². The lowest BCUT2D eigenvalue weighted by atomic mass is 9.99. The number of carbonyl (C=O) groups excluding carboxylic acids is 1. The van der Waals surface area contributed by atoms with Gasteiger partial charge in [0.05, 0.1) is 12.8 Å². The number of carbonyl (C=O) groups is 1. The van der Waals surface area contributed by atoms with Crippen molar-refractivity contribution < 1.29 is 9.21 Å². The lowest BCUT2D eigenvalue weighted by Gasteiger charge is -2.36. The average Bonchev–Trinajstić information content (AvgIpc) is 3.37. The number of hydrogen-bond donors (Lipinski definition) is 1. The number of anilines is 1. The lowest BCUT2D eigenvalue weighted by molar-refractivity contribution is 0.0657. The van der Waals surface area contributed by atoms with Crippen molar-refractivity contribution >= 4 is 17.6 Å². The minimum absolute atomic E-state index is 0.0418. The van der Waals surface area contributed by atoms with Gasteiger partial charge in [-0.1, -0.05) is 19.1 Å². The standard InChI is InChI=1S/C25H35N5O2/c1-3-26-25(30-16-14-29(15-17-30)24(31)23-5-4-18-32-23)27-19-21-6-8-22(9-7-21)28-12-10-20(2)11-13-28/h4-9,18,20H,3,10-17,19H2,1-2H3,(H,26,27). The summed E-state index contributed by atoms with van der Waals surface area (Å²) in [5.74, 6) is 2.11. The van der Waals surface area contributed by atoms with Gasteiger partial charge in [-0.2, -0.15) is 0 Å². The fourth-order valence-corrected chi connectivity index (χ4v) is 4.35. The van der Waals surface area contributed by atoms with E-state index in [0.29, 0.717) is 25.4 Å². The van der Waals surface area contributed by atoms with Crippen molar-refractivity contribution in [3.8, 4) is 0 Å². The maximum absolute atomic E-state index is 12.5. The molecule has 7 heteroatoms. The highest BCUT2D eigenvalue weighted by Crippen LogP contribution is 2.23. The second-order valence-corrected chi connectivity index (χ2v) is 8.76. The summed E-state index contributed by atoms with van der Waals surface area (Å²) < 4.78 is 5.26. The predicted molar refractivity (Wildman–Crippen MR) is 128 cm³/mol. The first-order valence-corrected chi connectivity index (χ1v) is 11.8.